The Labute approximate surface area is 133 Å². The van der Waals surface area contributed by atoms with Crippen LogP contribution in [-0.4, -0.2) is 0 Å². The maximum absolute atomic E-state index is 13.9. The minimum atomic E-state index is -0.414. The molecular formula is C18H13Cl2F. The van der Waals surface area contributed by atoms with E-state index in [2.05, 4.69) is 0 Å². The van der Waals surface area contributed by atoms with Crippen molar-refractivity contribution < 1.29 is 4.39 Å². The molecule has 0 amide bonds. The van der Waals surface area contributed by atoms with Gasteiger partial charge in [0.15, 0.2) is 0 Å². The third-order valence-electron chi connectivity index (χ3n) is 3.67. The van der Waals surface area contributed by atoms with E-state index in [0.29, 0.717) is 10.4 Å². The summed E-state index contributed by atoms with van der Waals surface area (Å²) in [5.41, 5.74) is 2.68. The summed E-state index contributed by atoms with van der Waals surface area (Å²) in [5, 5.41) is 1.63. The van der Waals surface area contributed by atoms with Gasteiger partial charge in [-0.2, -0.15) is 0 Å². The molecule has 106 valence electrons. The van der Waals surface area contributed by atoms with Gasteiger partial charge in [-0.15, -0.1) is 11.6 Å². The summed E-state index contributed by atoms with van der Waals surface area (Å²) in [6.45, 7) is 1.94. The molecule has 3 aromatic carbocycles. The summed E-state index contributed by atoms with van der Waals surface area (Å²) in [7, 11) is 0. The third kappa shape index (κ3) is 2.52. The minimum Gasteiger partial charge on any atom is -0.206 e. The van der Waals surface area contributed by atoms with E-state index in [9.17, 15) is 4.39 Å². The summed E-state index contributed by atoms with van der Waals surface area (Å²) in [4.78, 5) is 0. The van der Waals surface area contributed by atoms with Crippen molar-refractivity contribution in [3.63, 3.8) is 0 Å². The summed E-state index contributed by atoms with van der Waals surface area (Å²) in [6, 6.07) is 16.3. The van der Waals surface area contributed by atoms with Crippen LogP contribution >= 0.6 is 23.2 Å². The van der Waals surface area contributed by atoms with Gasteiger partial charge in [0.25, 0.3) is 0 Å². The van der Waals surface area contributed by atoms with E-state index in [1.165, 1.54) is 6.07 Å². The normalized spacial score (nSPS) is 12.6. The molecule has 0 aromatic heterocycles. The van der Waals surface area contributed by atoms with E-state index < -0.39 is 5.38 Å². The van der Waals surface area contributed by atoms with Crippen LogP contribution < -0.4 is 0 Å². The fourth-order valence-corrected chi connectivity index (χ4v) is 3.20. The van der Waals surface area contributed by atoms with Crippen molar-refractivity contribution in [1.29, 1.82) is 0 Å². The maximum atomic E-state index is 13.9. The molecule has 3 rings (SSSR count). The van der Waals surface area contributed by atoms with E-state index in [1.54, 1.807) is 12.1 Å². The zero-order valence-corrected chi connectivity index (χ0v) is 12.9. The quantitative estimate of drug-likeness (QED) is 0.488. The Morgan fingerprint density at radius 3 is 2.33 bits per heavy atom. The number of hydrogen-bond acceptors (Lipinski definition) is 0. The first-order valence-corrected chi connectivity index (χ1v) is 7.47. The molecule has 0 aliphatic rings. The Balaban J connectivity index is 2.21. The average Bonchev–Trinajstić information content (AvgIpc) is 2.50. The zero-order valence-electron chi connectivity index (χ0n) is 11.4. The molecule has 0 radical (unpaired) electrons. The second-order valence-corrected chi connectivity index (χ2v) is 5.84. The molecule has 1 unspecified atom stereocenters. The van der Waals surface area contributed by atoms with Gasteiger partial charge < -0.3 is 0 Å². The smallest absolute Gasteiger partial charge is 0.131 e. The van der Waals surface area contributed by atoms with Crippen molar-refractivity contribution in [1.82, 2.24) is 0 Å². The lowest BCUT2D eigenvalue weighted by atomic mass is 9.97. The van der Waals surface area contributed by atoms with Gasteiger partial charge >= 0.3 is 0 Å². The molecular weight excluding hydrogens is 306 g/mol. The minimum absolute atomic E-state index is 0.242. The van der Waals surface area contributed by atoms with Crippen LogP contribution in [0, 0.1) is 12.7 Å². The van der Waals surface area contributed by atoms with Gasteiger partial charge in [0.2, 0.25) is 0 Å². The number of fused-ring (bicyclic) bond motifs is 1. The highest BCUT2D eigenvalue weighted by Gasteiger charge is 2.18. The molecule has 3 aromatic rings. The number of halogens is 3. The van der Waals surface area contributed by atoms with Crippen LogP contribution in [0.15, 0.2) is 54.6 Å². The first kappa shape index (κ1) is 14.4. The first-order chi connectivity index (χ1) is 10.1. The van der Waals surface area contributed by atoms with E-state index in [0.717, 1.165) is 22.1 Å². The summed E-state index contributed by atoms with van der Waals surface area (Å²) in [6.07, 6.45) is 0. The van der Waals surface area contributed by atoms with Crippen molar-refractivity contribution in [3.8, 4) is 0 Å². The van der Waals surface area contributed by atoms with Gasteiger partial charge in [0.05, 0.1) is 5.38 Å². The van der Waals surface area contributed by atoms with Gasteiger partial charge in [0.1, 0.15) is 5.82 Å². The third-order valence-corrected chi connectivity index (χ3v) is 4.66. The van der Waals surface area contributed by atoms with Crippen LogP contribution in [-0.2, 0) is 0 Å². The number of benzene rings is 3. The lowest BCUT2D eigenvalue weighted by molar-refractivity contribution is 0.639. The predicted molar refractivity (Wildman–Crippen MR) is 87.8 cm³/mol. The standard InChI is InChI=1S/C18H13Cl2F/c1-11-5-4-8-15(17(11)19)18(20)14-9-10-16(21)13-7-3-2-6-12(13)14/h2-10,18H,1H3. The second kappa shape index (κ2) is 5.67. The van der Waals surface area contributed by atoms with Crippen LogP contribution in [0.1, 0.15) is 22.1 Å². The molecule has 0 fully saturated rings. The average molecular weight is 319 g/mol. The molecule has 1 atom stereocenters. The first-order valence-electron chi connectivity index (χ1n) is 6.66. The molecule has 0 aliphatic heterocycles. The SMILES string of the molecule is Cc1cccc(C(Cl)c2ccc(F)c3ccccc23)c1Cl. The van der Waals surface area contributed by atoms with Crippen molar-refractivity contribution in [2.24, 2.45) is 0 Å². The van der Waals surface area contributed by atoms with Crippen LogP contribution in [0.3, 0.4) is 0 Å². The molecule has 0 aliphatic carbocycles. The van der Waals surface area contributed by atoms with E-state index in [4.69, 9.17) is 23.2 Å². The van der Waals surface area contributed by atoms with Crippen molar-refractivity contribution in [2.75, 3.05) is 0 Å². The van der Waals surface area contributed by atoms with E-state index in [1.807, 2.05) is 43.3 Å². The Morgan fingerprint density at radius 2 is 1.57 bits per heavy atom. The summed E-state index contributed by atoms with van der Waals surface area (Å²) >= 11 is 13.0. The van der Waals surface area contributed by atoms with Gasteiger partial charge in [-0.3, -0.25) is 0 Å². The highest BCUT2D eigenvalue weighted by molar-refractivity contribution is 6.34. The fraction of sp³-hybridized carbons (Fsp3) is 0.111. The van der Waals surface area contributed by atoms with Crippen LogP contribution in [0.2, 0.25) is 5.02 Å². The van der Waals surface area contributed by atoms with Crippen molar-refractivity contribution in [3.05, 3.63) is 82.1 Å². The van der Waals surface area contributed by atoms with Gasteiger partial charge in [0, 0.05) is 10.4 Å². The van der Waals surface area contributed by atoms with Crippen LogP contribution in [0.25, 0.3) is 10.8 Å². The van der Waals surface area contributed by atoms with E-state index >= 15 is 0 Å². The molecule has 0 spiro atoms. The highest BCUT2D eigenvalue weighted by Crippen LogP contribution is 2.38. The Kier molecular flexibility index (Phi) is 3.88. The maximum Gasteiger partial charge on any atom is 0.131 e. The molecule has 0 saturated carbocycles. The topological polar surface area (TPSA) is 0 Å². The lowest BCUT2D eigenvalue weighted by Gasteiger charge is -2.16. The van der Waals surface area contributed by atoms with Crippen molar-refractivity contribution in [2.45, 2.75) is 12.3 Å². The lowest BCUT2D eigenvalue weighted by Crippen LogP contribution is -1.97. The Morgan fingerprint density at radius 1 is 0.857 bits per heavy atom. The van der Waals surface area contributed by atoms with Gasteiger partial charge in [-0.05, 0) is 35.1 Å². The molecule has 21 heavy (non-hydrogen) atoms. The number of alkyl halides is 1. The monoisotopic (exact) mass is 318 g/mol. The molecule has 0 saturated heterocycles. The Bertz CT molecular complexity index is 811. The second-order valence-electron chi connectivity index (χ2n) is 5.02. The molecule has 0 heterocycles. The number of rotatable bonds is 2. The number of hydrogen-bond donors (Lipinski definition) is 0. The zero-order chi connectivity index (χ0) is 15.0. The predicted octanol–water partition coefficient (Wildman–Crippen LogP) is 6.27. The van der Waals surface area contributed by atoms with E-state index in [-0.39, 0.29) is 5.82 Å². The molecule has 3 heteroatoms. The van der Waals surface area contributed by atoms with Gasteiger partial charge in [-0.25, -0.2) is 4.39 Å². The molecule has 0 nitrogen and oxygen atoms in total. The largest absolute Gasteiger partial charge is 0.206 e. The Hall–Kier alpha value is -1.57. The van der Waals surface area contributed by atoms with Gasteiger partial charge in [-0.1, -0.05) is 60.1 Å². The van der Waals surface area contributed by atoms with Crippen molar-refractivity contribution >= 4 is 34.0 Å². The summed E-state index contributed by atoms with van der Waals surface area (Å²) in [5.74, 6) is -0.242. The summed E-state index contributed by atoms with van der Waals surface area (Å²) < 4.78 is 13.9. The van der Waals surface area contributed by atoms with Crippen LogP contribution in [0.4, 0.5) is 4.39 Å². The molecule has 0 bridgehead atoms. The molecule has 0 N–H and O–H groups in total. The number of aryl methyl sites for hydroxylation is 1. The highest BCUT2D eigenvalue weighted by atomic mass is 35.5. The van der Waals surface area contributed by atoms with Crippen LogP contribution in [0.5, 0.6) is 0 Å². The fourth-order valence-electron chi connectivity index (χ4n) is 2.54.